The van der Waals surface area contributed by atoms with Crippen LogP contribution >= 0.6 is 27.3 Å². The molecule has 6 nitrogen and oxygen atoms in total. The van der Waals surface area contributed by atoms with Gasteiger partial charge in [-0.2, -0.15) is 0 Å². The second-order valence-corrected chi connectivity index (χ2v) is 12.2. The fourth-order valence-corrected chi connectivity index (χ4v) is 6.74. The molecule has 0 radical (unpaired) electrons. The summed E-state index contributed by atoms with van der Waals surface area (Å²) >= 11 is 5.00. The zero-order chi connectivity index (χ0) is 26.0. The molecule has 9 heteroatoms. The van der Waals surface area contributed by atoms with Crippen molar-refractivity contribution in [2.24, 2.45) is 0 Å². The van der Waals surface area contributed by atoms with Crippen molar-refractivity contribution in [3.05, 3.63) is 107 Å². The predicted molar refractivity (Wildman–Crippen MR) is 154 cm³/mol. The third-order valence-corrected chi connectivity index (χ3v) is 9.02. The van der Waals surface area contributed by atoms with Crippen LogP contribution in [0.4, 0.5) is 11.4 Å². The Hall–Kier alpha value is -3.53. The molecule has 186 valence electrons. The quantitative estimate of drug-likeness (QED) is 0.224. The Morgan fingerprint density at radius 2 is 1.70 bits per heavy atom. The van der Waals surface area contributed by atoms with Gasteiger partial charge in [0, 0.05) is 15.7 Å². The molecule has 1 aromatic heterocycles. The van der Waals surface area contributed by atoms with Gasteiger partial charge in [-0.25, -0.2) is 13.4 Å². The third kappa shape index (κ3) is 5.58. The summed E-state index contributed by atoms with van der Waals surface area (Å²) in [6, 6.07) is 28.5. The van der Waals surface area contributed by atoms with E-state index in [1.165, 1.54) is 17.7 Å². The monoisotopic (exact) mass is 591 g/mol. The van der Waals surface area contributed by atoms with Crippen LogP contribution in [-0.4, -0.2) is 25.9 Å². The minimum atomic E-state index is -3.97. The van der Waals surface area contributed by atoms with Crippen molar-refractivity contribution in [2.75, 3.05) is 16.2 Å². The third-order valence-electron chi connectivity index (χ3n) is 5.67. The van der Waals surface area contributed by atoms with Gasteiger partial charge in [-0.3, -0.25) is 9.10 Å². The first-order chi connectivity index (χ1) is 17.8. The molecule has 5 rings (SSSR count). The zero-order valence-corrected chi connectivity index (χ0v) is 23.0. The molecule has 1 heterocycles. The molecular formula is C28H22BrN3O3S2. The second-order valence-electron chi connectivity index (χ2n) is 8.42. The number of hydrogen-bond acceptors (Lipinski definition) is 5. The Balaban J connectivity index is 1.36. The van der Waals surface area contributed by atoms with Gasteiger partial charge in [-0.15, -0.1) is 11.3 Å². The second kappa shape index (κ2) is 10.5. The van der Waals surface area contributed by atoms with E-state index in [1.807, 2.05) is 24.3 Å². The lowest BCUT2D eigenvalue weighted by Crippen LogP contribution is -2.38. The van der Waals surface area contributed by atoms with Crippen molar-refractivity contribution in [2.45, 2.75) is 11.8 Å². The van der Waals surface area contributed by atoms with Gasteiger partial charge in [-0.1, -0.05) is 46.3 Å². The molecule has 0 fully saturated rings. The number of carbonyl (C=O) groups excluding carboxylic acids is 1. The van der Waals surface area contributed by atoms with Gasteiger partial charge in [0.25, 0.3) is 10.0 Å². The smallest absolute Gasteiger partial charge is 0.264 e. The SMILES string of the molecule is Cc1ccc2nc(-c3ccc(NC(=O)CN(c4cccc(Br)c4)S(=O)(=O)c4ccccc4)cc3)sc2c1. The number of aromatic nitrogens is 1. The van der Waals surface area contributed by atoms with Crippen LogP contribution in [0.3, 0.4) is 0 Å². The highest BCUT2D eigenvalue weighted by Crippen LogP contribution is 2.31. The molecule has 37 heavy (non-hydrogen) atoms. The summed E-state index contributed by atoms with van der Waals surface area (Å²) in [5.74, 6) is -0.456. The molecule has 0 atom stereocenters. The van der Waals surface area contributed by atoms with Crippen LogP contribution in [0.25, 0.3) is 20.8 Å². The maximum absolute atomic E-state index is 13.5. The molecule has 0 saturated carbocycles. The Kier molecular flexibility index (Phi) is 7.10. The van der Waals surface area contributed by atoms with E-state index >= 15 is 0 Å². The highest BCUT2D eigenvalue weighted by molar-refractivity contribution is 9.10. The molecular weight excluding hydrogens is 570 g/mol. The number of sulfonamides is 1. The van der Waals surface area contributed by atoms with E-state index in [2.05, 4.69) is 34.2 Å². The van der Waals surface area contributed by atoms with Crippen molar-refractivity contribution in [3.63, 3.8) is 0 Å². The van der Waals surface area contributed by atoms with Crippen LogP contribution in [0.2, 0.25) is 0 Å². The normalized spacial score (nSPS) is 11.4. The molecule has 0 bridgehead atoms. The van der Waals surface area contributed by atoms with Crippen LogP contribution in [0.5, 0.6) is 0 Å². The van der Waals surface area contributed by atoms with Crippen LogP contribution < -0.4 is 9.62 Å². The number of nitrogens with one attached hydrogen (secondary N) is 1. The molecule has 4 aromatic carbocycles. The lowest BCUT2D eigenvalue weighted by atomic mass is 10.2. The molecule has 1 N–H and O–H groups in total. The van der Waals surface area contributed by atoms with Crippen LogP contribution in [-0.2, 0) is 14.8 Å². The van der Waals surface area contributed by atoms with Gasteiger partial charge in [0.1, 0.15) is 11.6 Å². The molecule has 5 aromatic rings. The summed E-state index contributed by atoms with van der Waals surface area (Å²) in [6.07, 6.45) is 0. The van der Waals surface area contributed by atoms with E-state index in [0.717, 1.165) is 25.1 Å². The Labute approximate surface area is 227 Å². The number of fused-ring (bicyclic) bond motifs is 1. The van der Waals surface area contributed by atoms with Gasteiger partial charge in [0.15, 0.2) is 0 Å². The van der Waals surface area contributed by atoms with E-state index in [-0.39, 0.29) is 11.4 Å². The summed E-state index contributed by atoms with van der Waals surface area (Å²) in [7, 11) is -3.97. The van der Waals surface area contributed by atoms with Crippen molar-refractivity contribution in [1.29, 1.82) is 0 Å². The maximum Gasteiger partial charge on any atom is 0.264 e. The van der Waals surface area contributed by atoms with Gasteiger partial charge in [0.05, 0.1) is 20.8 Å². The average Bonchev–Trinajstić information content (AvgIpc) is 3.31. The summed E-state index contributed by atoms with van der Waals surface area (Å²) in [4.78, 5) is 17.8. The minimum absolute atomic E-state index is 0.109. The van der Waals surface area contributed by atoms with Gasteiger partial charge in [-0.05, 0) is 79.2 Å². The topological polar surface area (TPSA) is 79.4 Å². The Morgan fingerprint density at radius 1 is 0.946 bits per heavy atom. The van der Waals surface area contributed by atoms with Crippen molar-refractivity contribution in [1.82, 2.24) is 4.98 Å². The van der Waals surface area contributed by atoms with E-state index < -0.39 is 15.9 Å². The van der Waals surface area contributed by atoms with Gasteiger partial charge < -0.3 is 5.32 Å². The molecule has 0 aliphatic rings. The highest BCUT2D eigenvalue weighted by Gasteiger charge is 2.27. The number of anilines is 2. The fourth-order valence-electron chi connectivity index (χ4n) is 3.85. The molecule has 0 unspecified atom stereocenters. The number of thiazole rings is 1. The average molecular weight is 593 g/mol. The number of carbonyl (C=O) groups is 1. The zero-order valence-electron chi connectivity index (χ0n) is 19.8. The molecule has 1 amide bonds. The summed E-state index contributed by atoms with van der Waals surface area (Å²) < 4.78 is 29.8. The van der Waals surface area contributed by atoms with Gasteiger partial charge in [0.2, 0.25) is 5.91 Å². The van der Waals surface area contributed by atoms with E-state index in [9.17, 15) is 13.2 Å². The molecule has 0 aliphatic heterocycles. The van der Waals surface area contributed by atoms with Crippen LogP contribution in [0.1, 0.15) is 5.56 Å². The standard InChI is InChI=1S/C28H22BrN3O3S2/c1-19-10-15-25-26(16-19)36-28(31-25)20-11-13-22(14-12-20)30-27(33)18-32(23-7-5-6-21(29)17-23)37(34,35)24-8-3-2-4-9-24/h2-17H,18H2,1H3,(H,30,33). The predicted octanol–water partition coefficient (Wildman–Crippen LogP) is 6.87. The largest absolute Gasteiger partial charge is 0.325 e. The molecule has 0 aliphatic carbocycles. The number of nitrogens with zero attached hydrogens (tertiary/aromatic N) is 2. The summed E-state index contributed by atoms with van der Waals surface area (Å²) in [5, 5.41) is 3.72. The maximum atomic E-state index is 13.5. The summed E-state index contributed by atoms with van der Waals surface area (Å²) in [5.41, 5.74) is 4.04. The first-order valence-corrected chi connectivity index (χ1v) is 14.5. The number of benzene rings is 4. The number of hydrogen-bond donors (Lipinski definition) is 1. The van der Waals surface area contributed by atoms with Crippen LogP contribution in [0, 0.1) is 6.92 Å². The van der Waals surface area contributed by atoms with E-state index in [1.54, 1.807) is 65.9 Å². The summed E-state index contributed by atoms with van der Waals surface area (Å²) in [6.45, 7) is 1.67. The van der Waals surface area contributed by atoms with Crippen molar-refractivity contribution in [3.8, 4) is 10.6 Å². The Morgan fingerprint density at radius 3 is 2.43 bits per heavy atom. The highest BCUT2D eigenvalue weighted by atomic mass is 79.9. The van der Waals surface area contributed by atoms with Crippen LogP contribution in [0.15, 0.2) is 106 Å². The number of rotatable bonds is 7. The fraction of sp³-hybridized carbons (Fsp3) is 0.0714. The molecule has 0 spiro atoms. The van der Waals surface area contributed by atoms with Crippen molar-refractivity contribution < 1.29 is 13.2 Å². The number of amides is 1. The molecule has 0 saturated heterocycles. The lowest BCUT2D eigenvalue weighted by molar-refractivity contribution is -0.114. The Bertz CT molecular complexity index is 1690. The van der Waals surface area contributed by atoms with E-state index in [4.69, 9.17) is 4.98 Å². The number of halogens is 1. The van der Waals surface area contributed by atoms with Crippen molar-refractivity contribution >= 4 is 64.8 Å². The van der Waals surface area contributed by atoms with E-state index in [0.29, 0.717) is 15.8 Å². The first-order valence-electron chi connectivity index (χ1n) is 11.4. The first kappa shape index (κ1) is 25.1. The number of aryl methyl sites for hydroxylation is 1. The lowest BCUT2D eigenvalue weighted by Gasteiger charge is -2.24. The van der Waals surface area contributed by atoms with Gasteiger partial charge >= 0.3 is 0 Å². The minimum Gasteiger partial charge on any atom is -0.325 e.